The summed E-state index contributed by atoms with van der Waals surface area (Å²) >= 11 is 0. The number of esters is 1. The lowest BCUT2D eigenvalue weighted by Crippen LogP contribution is -2.49. The maximum absolute atomic E-state index is 13.2. The van der Waals surface area contributed by atoms with E-state index in [1.807, 2.05) is 0 Å². The number of imide groups is 1. The highest BCUT2D eigenvalue weighted by Gasteiger charge is 2.46. The van der Waals surface area contributed by atoms with Crippen molar-refractivity contribution in [3.8, 4) is 0 Å². The number of pyridine rings is 1. The molecule has 0 radical (unpaired) electrons. The molecule has 1 unspecified atom stereocenters. The summed E-state index contributed by atoms with van der Waals surface area (Å²) in [5.41, 5.74) is 0.764. The Morgan fingerprint density at radius 1 is 1.00 bits per heavy atom. The van der Waals surface area contributed by atoms with E-state index < -0.39 is 71.2 Å². The number of nitrogens with one attached hydrogen (secondary N) is 3. The summed E-state index contributed by atoms with van der Waals surface area (Å²) in [5, 5.41) is 7.47. The number of carbonyl (C=O) groups excluding carboxylic acids is 6. The van der Waals surface area contributed by atoms with Crippen LogP contribution in [-0.4, -0.2) is 53.5 Å². The number of Topliss-reactive ketones (excluding diaryl/α,β-unsaturated/α-hetero) is 1. The zero-order chi connectivity index (χ0) is 28.9. The average Bonchev–Trinajstić information content (AvgIpc) is 3.16. The first-order valence-corrected chi connectivity index (χ1v) is 12.2. The van der Waals surface area contributed by atoms with E-state index >= 15 is 0 Å². The highest BCUT2D eigenvalue weighted by Crippen LogP contribution is 2.24. The van der Waals surface area contributed by atoms with Gasteiger partial charge in [0.05, 0.1) is 42.7 Å². The standard InChI is InChI=1S/C27H29FN4O7/c1-13(2)22(23(34)21-14(3)24(35)32-26(21)37)31-20(33)11-18(15-5-7-16(8-6-15)27(38)39-4)30-25(36)17-9-10-19(28)29-12-17/h5-10,12-14,18,21-22H,11H2,1-4H3,(H,30,36)(H,31,33)(H,32,35,37)/t14-,18?,21+,22+/m0/s1. The van der Waals surface area contributed by atoms with Gasteiger partial charge in [-0.1, -0.05) is 32.9 Å². The van der Waals surface area contributed by atoms with Crippen LogP contribution in [0.3, 0.4) is 0 Å². The summed E-state index contributed by atoms with van der Waals surface area (Å²) in [6, 6.07) is 6.27. The number of aromatic nitrogens is 1. The van der Waals surface area contributed by atoms with Gasteiger partial charge in [-0.25, -0.2) is 9.78 Å². The second-order valence-electron chi connectivity index (χ2n) is 9.52. The van der Waals surface area contributed by atoms with Crippen LogP contribution in [0.5, 0.6) is 0 Å². The molecule has 0 spiro atoms. The summed E-state index contributed by atoms with van der Waals surface area (Å²) in [6.45, 7) is 4.85. The molecule has 2 heterocycles. The van der Waals surface area contributed by atoms with Gasteiger partial charge >= 0.3 is 5.97 Å². The highest BCUT2D eigenvalue weighted by molar-refractivity contribution is 6.16. The predicted octanol–water partition coefficient (Wildman–Crippen LogP) is 1.49. The number of rotatable bonds is 10. The summed E-state index contributed by atoms with van der Waals surface area (Å²) in [7, 11) is 1.23. The molecule has 0 bridgehead atoms. The fourth-order valence-electron chi connectivity index (χ4n) is 4.22. The number of hydrogen-bond acceptors (Lipinski definition) is 8. The van der Waals surface area contributed by atoms with Gasteiger partial charge in [-0.15, -0.1) is 0 Å². The molecule has 0 saturated carbocycles. The molecule has 1 aromatic carbocycles. The van der Waals surface area contributed by atoms with Crippen molar-refractivity contribution in [2.45, 2.75) is 39.3 Å². The third-order valence-corrected chi connectivity index (χ3v) is 6.46. The molecule has 1 aliphatic rings. The first-order chi connectivity index (χ1) is 18.4. The smallest absolute Gasteiger partial charge is 0.337 e. The Bertz CT molecular complexity index is 1280. The molecule has 0 aliphatic carbocycles. The molecule has 3 N–H and O–H groups in total. The lowest BCUT2D eigenvalue weighted by Gasteiger charge is -2.26. The van der Waals surface area contributed by atoms with Gasteiger partial charge in [0.25, 0.3) is 5.91 Å². The Morgan fingerprint density at radius 2 is 1.64 bits per heavy atom. The minimum atomic E-state index is -1.22. The summed E-state index contributed by atoms with van der Waals surface area (Å²) in [4.78, 5) is 78.5. The molecule has 1 aromatic heterocycles. The first-order valence-electron chi connectivity index (χ1n) is 12.2. The van der Waals surface area contributed by atoms with Crippen LogP contribution in [0.1, 0.15) is 59.5 Å². The van der Waals surface area contributed by atoms with E-state index in [9.17, 15) is 33.2 Å². The van der Waals surface area contributed by atoms with Crippen LogP contribution in [0.15, 0.2) is 42.6 Å². The van der Waals surface area contributed by atoms with Crippen molar-refractivity contribution in [2.75, 3.05) is 7.11 Å². The Balaban J connectivity index is 1.83. The lowest BCUT2D eigenvalue weighted by atomic mass is 9.85. The fraction of sp³-hybridized carbons (Fsp3) is 0.370. The molecule has 1 saturated heterocycles. The molecule has 3 rings (SSSR count). The second-order valence-corrected chi connectivity index (χ2v) is 9.52. The van der Waals surface area contributed by atoms with Crippen molar-refractivity contribution >= 4 is 35.4 Å². The van der Waals surface area contributed by atoms with Gasteiger partial charge in [-0.3, -0.25) is 29.3 Å². The minimum absolute atomic E-state index is 0.0501. The zero-order valence-corrected chi connectivity index (χ0v) is 21.8. The summed E-state index contributed by atoms with van der Waals surface area (Å²) in [6.07, 6.45) is 0.727. The van der Waals surface area contributed by atoms with Crippen LogP contribution in [0.2, 0.25) is 0 Å². The van der Waals surface area contributed by atoms with Crippen LogP contribution in [0, 0.1) is 23.7 Å². The van der Waals surface area contributed by atoms with E-state index in [4.69, 9.17) is 4.74 Å². The van der Waals surface area contributed by atoms with Crippen molar-refractivity contribution in [2.24, 2.45) is 17.8 Å². The molecule has 1 aliphatic heterocycles. The van der Waals surface area contributed by atoms with Crippen LogP contribution in [0.4, 0.5) is 4.39 Å². The largest absolute Gasteiger partial charge is 0.465 e. The van der Waals surface area contributed by atoms with Crippen molar-refractivity contribution in [1.29, 1.82) is 0 Å². The minimum Gasteiger partial charge on any atom is -0.465 e. The summed E-state index contributed by atoms with van der Waals surface area (Å²) in [5.74, 6) is -6.93. The van der Waals surface area contributed by atoms with Crippen LogP contribution in [0.25, 0.3) is 0 Å². The van der Waals surface area contributed by atoms with Crippen molar-refractivity contribution in [3.63, 3.8) is 0 Å². The van der Waals surface area contributed by atoms with E-state index in [-0.39, 0.29) is 17.5 Å². The second kappa shape index (κ2) is 12.4. The number of nitrogens with zero attached hydrogens (tertiary/aromatic N) is 1. The Kier molecular flexibility index (Phi) is 9.23. The van der Waals surface area contributed by atoms with Gasteiger partial charge in [-0.05, 0) is 35.7 Å². The average molecular weight is 541 g/mol. The SMILES string of the molecule is COC(=O)c1ccc(C(CC(=O)N[C@@H](C(=O)[C@@H]2C(=O)NC(=O)[C@H]2C)C(C)C)NC(=O)c2ccc(F)nc2)cc1. The van der Waals surface area contributed by atoms with Crippen LogP contribution < -0.4 is 16.0 Å². The molecule has 12 heteroatoms. The Labute approximate surface area is 223 Å². The first kappa shape index (κ1) is 29.1. The van der Waals surface area contributed by atoms with Gasteiger partial charge in [0.2, 0.25) is 23.7 Å². The predicted molar refractivity (Wildman–Crippen MR) is 134 cm³/mol. The van der Waals surface area contributed by atoms with Crippen LogP contribution >= 0.6 is 0 Å². The van der Waals surface area contributed by atoms with Crippen molar-refractivity contribution in [3.05, 3.63) is 65.2 Å². The number of halogens is 1. The van der Waals surface area contributed by atoms with E-state index in [2.05, 4.69) is 20.9 Å². The van der Waals surface area contributed by atoms with E-state index in [0.29, 0.717) is 5.56 Å². The molecule has 39 heavy (non-hydrogen) atoms. The summed E-state index contributed by atoms with van der Waals surface area (Å²) < 4.78 is 17.9. The number of ether oxygens (including phenoxy) is 1. The van der Waals surface area contributed by atoms with Gasteiger partial charge in [0.15, 0.2) is 5.78 Å². The number of benzene rings is 1. The normalized spacial score (nSPS) is 18.2. The molecule has 1 fully saturated rings. The van der Waals surface area contributed by atoms with Gasteiger partial charge in [0.1, 0.15) is 5.92 Å². The van der Waals surface area contributed by atoms with Gasteiger partial charge in [-0.2, -0.15) is 4.39 Å². The van der Waals surface area contributed by atoms with Gasteiger partial charge in [0, 0.05) is 6.20 Å². The monoisotopic (exact) mass is 540 g/mol. The third kappa shape index (κ3) is 6.89. The molecule has 4 atom stereocenters. The van der Waals surface area contributed by atoms with Gasteiger partial charge < -0.3 is 15.4 Å². The molecular formula is C27H29FN4O7. The fourth-order valence-corrected chi connectivity index (χ4v) is 4.22. The molecular weight excluding hydrogens is 511 g/mol. The zero-order valence-electron chi connectivity index (χ0n) is 21.8. The maximum atomic E-state index is 13.2. The van der Waals surface area contributed by atoms with E-state index in [1.54, 1.807) is 13.8 Å². The van der Waals surface area contributed by atoms with Crippen molar-refractivity contribution < 1.29 is 37.9 Å². The number of hydrogen-bond donors (Lipinski definition) is 3. The van der Waals surface area contributed by atoms with E-state index in [1.165, 1.54) is 44.4 Å². The quantitative estimate of drug-likeness (QED) is 0.177. The number of amides is 4. The molecule has 11 nitrogen and oxygen atoms in total. The van der Waals surface area contributed by atoms with E-state index in [0.717, 1.165) is 12.3 Å². The molecule has 206 valence electrons. The Morgan fingerprint density at radius 3 is 2.15 bits per heavy atom. The molecule has 2 aromatic rings. The van der Waals surface area contributed by atoms with Crippen LogP contribution in [-0.2, 0) is 23.9 Å². The number of methoxy groups -OCH3 is 1. The molecule has 4 amide bonds. The number of carbonyl (C=O) groups is 6. The van der Waals surface area contributed by atoms with Crippen molar-refractivity contribution in [1.82, 2.24) is 20.9 Å². The lowest BCUT2D eigenvalue weighted by molar-refractivity contribution is -0.137. The number of ketones is 1. The highest BCUT2D eigenvalue weighted by atomic mass is 19.1. The third-order valence-electron chi connectivity index (χ3n) is 6.46. The topological polar surface area (TPSA) is 161 Å². The maximum Gasteiger partial charge on any atom is 0.337 e. The Hall–Kier alpha value is -4.48.